The number of thioether (sulfide) groups is 2. The summed E-state index contributed by atoms with van der Waals surface area (Å²) in [5, 5.41) is 20.5. The molecule has 3 N–H and O–H groups in total. The van der Waals surface area contributed by atoms with Gasteiger partial charge in [-0.1, -0.05) is 83.5 Å². The maximum atomic E-state index is 12.1. The van der Waals surface area contributed by atoms with Gasteiger partial charge in [-0.05, 0) is 50.0 Å². The minimum absolute atomic E-state index is 0.179. The molecule has 0 radical (unpaired) electrons. The Bertz CT molecular complexity index is 464. The number of aliphatic hydroxyl groups excluding tert-OH is 2. The first-order valence-electron chi connectivity index (χ1n) is 15.9. The number of hydrogen-bond acceptors (Lipinski definition) is 6. The van der Waals surface area contributed by atoms with Gasteiger partial charge in [0, 0.05) is 37.3 Å². The normalized spacial score (nSPS) is 11.2. The molecule has 7 heteroatoms. The van der Waals surface area contributed by atoms with Crippen LogP contribution in [0.1, 0.15) is 141 Å². The fourth-order valence-electron chi connectivity index (χ4n) is 4.54. The number of unbranched alkanes of at least 4 members (excludes halogenated alkanes) is 16. The predicted molar refractivity (Wildman–Crippen MR) is 168 cm³/mol. The molecule has 0 aromatic rings. The third-order valence-corrected chi connectivity index (χ3v) is 8.96. The molecule has 5 nitrogen and oxygen atoms in total. The fourth-order valence-corrected chi connectivity index (χ4v) is 6.02. The van der Waals surface area contributed by atoms with Crippen molar-refractivity contribution in [2.24, 2.45) is 0 Å². The molecule has 0 aliphatic rings. The highest BCUT2D eigenvalue weighted by molar-refractivity contribution is 7.99. The zero-order chi connectivity index (χ0) is 27.8. The molecular weight excluding hydrogens is 514 g/mol. The van der Waals surface area contributed by atoms with Crippen molar-refractivity contribution >= 4 is 35.2 Å². The van der Waals surface area contributed by atoms with Crippen molar-refractivity contribution in [1.82, 2.24) is 5.32 Å². The average molecular weight is 576 g/mol. The number of aliphatic hydroxyl groups is 2. The lowest BCUT2D eigenvalue weighted by Crippen LogP contribution is -2.23. The highest BCUT2D eigenvalue weighted by Gasteiger charge is 2.04. The molecule has 38 heavy (non-hydrogen) atoms. The van der Waals surface area contributed by atoms with Crippen molar-refractivity contribution in [1.29, 1.82) is 0 Å². The van der Waals surface area contributed by atoms with Crippen molar-refractivity contribution in [2.75, 3.05) is 42.8 Å². The summed E-state index contributed by atoms with van der Waals surface area (Å²) in [6.07, 6.45) is 24.8. The van der Waals surface area contributed by atoms with E-state index < -0.39 is 0 Å². The van der Waals surface area contributed by atoms with Gasteiger partial charge in [0.2, 0.25) is 5.91 Å². The van der Waals surface area contributed by atoms with E-state index in [0.717, 1.165) is 63.0 Å². The maximum Gasteiger partial charge on any atom is 0.219 e. The predicted octanol–water partition coefficient (Wildman–Crippen LogP) is 7.70. The Morgan fingerprint density at radius 3 is 1.26 bits per heavy atom. The third-order valence-electron chi connectivity index (χ3n) is 6.86. The number of hydrogen-bond donors (Lipinski definition) is 3. The Morgan fingerprint density at radius 1 is 0.447 bits per heavy atom. The molecule has 0 saturated carbocycles. The van der Waals surface area contributed by atoms with Crippen LogP contribution in [-0.2, 0) is 9.59 Å². The minimum atomic E-state index is 0.179. The summed E-state index contributed by atoms with van der Waals surface area (Å²) in [6, 6.07) is 0. The van der Waals surface area contributed by atoms with Crippen LogP contribution in [0.3, 0.4) is 0 Å². The van der Waals surface area contributed by atoms with Gasteiger partial charge in [-0.2, -0.15) is 23.5 Å². The monoisotopic (exact) mass is 575 g/mol. The molecule has 0 aliphatic carbocycles. The molecule has 0 bridgehead atoms. The molecule has 0 rings (SSSR count). The van der Waals surface area contributed by atoms with Crippen molar-refractivity contribution in [3.63, 3.8) is 0 Å². The molecule has 0 atom stereocenters. The summed E-state index contributed by atoms with van der Waals surface area (Å²) >= 11 is 3.69. The number of carbonyl (C=O) groups is 2. The number of carbonyl (C=O) groups excluding carboxylic acids is 2. The summed E-state index contributed by atoms with van der Waals surface area (Å²) in [4.78, 5) is 24.0. The Kier molecular flexibility index (Phi) is 32.8. The SMILES string of the molecule is O=C(CCCCCCCCCCSCCO)CCCCCNC(=O)CCCCCCCCCCSCCO. The number of nitrogens with one attached hydrogen (secondary N) is 1. The molecule has 0 unspecified atom stereocenters. The van der Waals surface area contributed by atoms with E-state index in [4.69, 9.17) is 10.2 Å². The van der Waals surface area contributed by atoms with Crippen LogP contribution in [0.5, 0.6) is 0 Å². The third kappa shape index (κ3) is 32.0. The molecular formula is C31H61NO4S2. The summed E-state index contributed by atoms with van der Waals surface area (Å²) in [5.74, 6) is 4.66. The summed E-state index contributed by atoms with van der Waals surface area (Å²) < 4.78 is 0. The Morgan fingerprint density at radius 2 is 0.816 bits per heavy atom. The molecule has 0 aromatic heterocycles. The van der Waals surface area contributed by atoms with Crippen LogP contribution in [-0.4, -0.2) is 64.7 Å². The van der Waals surface area contributed by atoms with E-state index in [2.05, 4.69) is 5.32 Å². The van der Waals surface area contributed by atoms with E-state index >= 15 is 0 Å². The van der Waals surface area contributed by atoms with E-state index in [1.165, 1.54) is 95.0 Å². The van der Waals surface area contributed by atoms with E-state index in [0.29, 0.717) is 31.8 Å². The van der Waals surface area contributed by atoms with E-state index in [-0.39, 0.29) is 5.91 Å². The van der Waals surface area contributed by atoms with Crippen LogP contribution in [0.2, 0.25) is 0 Å². The van der Waals surface area contributed by atoms with Gasteiger partial charge in [0.05, 0.1) is 13.2 Å². The minimum Gasteiger partial charge on any atom is -0.396 e. The van der Waals surface area contributed by atoms with Gasteiger partial charge >= 0.3 is 0 Å². The van der Waals surface area contributed by atoms with Crippen LogP contribution >= 0.6 is 23.5 Å². The van der Waals surface area contributed by atoms with Crippen molar-refractivity contribution in [3.05, 3.63) is 0 Å². The van der Waals surface area contributed by atoms with Crippen LogP contribution in [0.15, 0.2) is 0 Å². The average Bonchev–Trinajstić information content (AvgIpc) is 2.91. The molecule has 0 fully saturated rings. The maximum absolute atomic E-state index is 12.1. The topological polar surface area (TPSA) is 86.6 Å². The van der Waals surface area contributed by atoms with Crippen LogP contribution in [0.4, 0.5) is 0 Å². The van der Waals surface area contributed by atoms with Crippen LogP contribution < -0.4 is 5.32 Å². The summed E-state index contributed by atoms with van der Waals surface area (Å²) in [6.45, 7) is 1.33. The van der Waals surface area contributed by atoms with Crippen molar-refractivity contribution < 1.29 is 19.8 Å². The van der Waals surface area contributed by atoms with E-state index in [1.807, 2.05) is 23.5 Å². The zero-order valence-corrected chi connectivity index (χ0v) is 26.2. The summed E-state index contributed by atoms with van der Waals surface area (Å²) in [5.41, 5.74) is 0. The van der Waals surface area contributed by atoms with Gasteiger partial charge in [0.15, 0.2) is 0 Å². The van der Waals surface area contributed by atoms with Crippen LogP contribution in [0.25, 0.3) is 0 Å². The van der Waals surface area contributed by atoms with Gasteiger partial charge < -0.3 is 15.5 Å². The standard InChI is InChI=1S/C31H61NO4S2/c33-24-28-37-26-18-11-7-3-1-5-9-14-20-30(35)21-15-13-17-23-32-31(36)22-16-10-6-2-4-8-12-19-27-38-29-25-34/h33-34H,1-29H2,(H,32,36). The van der Waals surface area contributed by atoms with Crippen LogP contribution in [0, 0.1) is 0 Å². The Labute approximate surface area is 243 Å². The highest BCUT2D eigenvalue weighted by Crippen LogP contribution is 2.14. The van der Waals surface area contributed by atoms with Gasteiger partial charge in [-0.3, -0.25) is 9.59 Å². The molecule has 1 amide bonds. The molecule has 0 heterocycles. The fraction of sp³-hybridized carbons (Fsp3) is 0.935. The first kappa shape index (κ1) is 37.8. The van der Waals surface area contributed by atoms with E-state index in [9.17, 15) is 9.59 Å². The number of rotatable bonds is 32. The molecule has 0 aliphatic heterocycles. The highest BCUT2D eigenvalue weighted by atomic mass is 32.2. The van der Waals surface area contributed by atoms with Gasteiger partial charge in [0.25, 0.3) is 0 Å². The lowest BCUT2D eigenvalue weighted by atomic mass is 10.0. The van der Waals surface area contributed by atoms with Gasteiger partial charge in [0.1, 0.15) is 5.78 Å². The second-order valence-electron chi connectivity index (χ2n) is 10.5. The lowest BCUT2D eigenvalue weighted by Gasteiger charge is -2.06. The summed E-state index contributed by atoms with van der Waals surface area (Å²) in [7, 11) is 0. The lowest BCUT2D eigenvalue weighted by molar-refractivity contribution is -0.121. The zero-order valence-electron chi connectivity index (χ0n) is 24.5. The molecule has 0 spiro atoms. The van der Waals surface area contributed by atoms with Gasteiger partial charge in [-0.15, -0.1) is 0 Å². The second-order valence-corrected chi connectivity index (χ2v) is 13.0. The first-order valence-corrected chi connectivity index (χ1v) is 18.2. The quantitative estimate of drug-likeness (QED) is 0.0712. The largest absolute Gasteiger partial charge is 0.396 e. The Hall–Kier alpha value is -0.240. The number of Topliss-reactive ketones (excluding diaryl/α,β-unsaturated/α-hetero) is 1. The number of ketones is 1. The second kappa shape index (κ2) is 33.0. The number of amides is 1. The molecule has 226 valence electrons. The molecule has 0 aromatic carbocycles. The van der Waals surface area contributed by atoms with Gasteiger partial charge in [-0.25, -0.2) is 0 Å². The van der Waals surface area contributed by atoms with E-state index in [1.54, 1.807) is 0 Å². The first-order chi connectivity index (χ1) is 18.7. The van der Waals surface area contributed by atoms with Crippen molar-refractivity contribution in [2.45, 2.75) is 141 Å². The Balaban J connectivity index is 3.26. The molecule has 0 saturated heterocycles. The smallest absolute Gasteiger partial charge is 0.219 e. The van der Waals surface area contributed by atoms with Crippen molar-refractivity contribution in [3.8, 4) is 0 Å².